The Labute approximate surface area is 169 Å². The van der Waals surface area contributed by atoms with Crippen molar-refractivity contribution in [2.75, 3.05) is 59.1 Å². The van der Waals surface area contributed by atoms with Gasteiger partial charge in [0.2, 0.25) is 0 Å². The molecule has 1 amide bonds. The first-order valence-corrected chi connectivity index (χ1v) is 9.11. The summed E-state index contributed by atoms with van der Waals surface area (Å²) in [7, 11) is 0. The molecule has 0 aromatic heterocycles. The van der Waals surface area contributed by atoms with Crippen molar-refractivity contribution in [2.24, 2.45) is 10.9 Å². The highest BCUT2D eigenvalue weighted by atomic mass is 127. The Morgan fingerprint density at radius 1 is 1.16 bits per heavy atom. The Bertz CT molecular complexity index is 386. The molecule has 8 heteroatoms. The molecule has 0 aliphatic carbocycles. The molecule has 0 aromatic carbocycles. The van der Waals surface area contributed by atoms with Crippen LogP contribution >= 0.6 is 24.0 Å². The van der Waals surface area contributed by atoms with E-state index in [1.54, 1.807) is 4.90 Å². The van der Waals surface area contributed by atoms with Crippen molar-refractivity contribution >= 4 is 36.0 Å². The topological polar surface area (TPSA) is 66.4 Å². The van der Waals surface area contributed by atoms with E-state index in [9.17, 15) is 4.79 Å². The fourth-order valence-electron chi connectivity index (χ4n) is 2.41. The van der Waals surface area contributed by atoms with Crippen LogP contribution in [0.15, 0.2) is 4.99 Å². The number of ether oxygens (including phenoxy) is 2. The number of aliphatic imine (C=N–C) groups is 1. The number of hydrogen-bond acceptors (Lipinski definition) is 4. The molecule has 0 aromatic rings. The molecule has 7 nitrogen and oxygen atoms in total. The van der Waals surface area contributed by atoms with Crippen LogP contribution in [-0.2, 0) is 9.47 Å². The average Bonchev–Trinajstić information content (AvgIpc) is 2.57. The van der Waals surface area contributed by atoms with Crippen LogP contribution in [0.1, 0.15) is 34.1 Å². The lowest BCUT2D eigenvalue weighted by Gasteiger charge is -2.35. The van der Waals surface area contributed by atoms with Gasteiger partial charge in [-0.15, -0.1) is 24.0 Å². The summed E-state index contributed by atoms with van der Waals surface area (Å²) in [6, 6.07) is 0. The SMILES string of the molecule is CCNC(=NCCCOCC(C)C)N1CCN(C(=O)OCC)CC1.I. The van der Waals surface area contributed by atoms with Gasteiger partial charge in [-0.2, -0.15) is 0 Å². The van der Waals surface area contributed by atoms with Gasteiger partial charge in [-0.25, -0.2) is 4.79 Å². The molecule has 1 saturated heterocycles. The molecule has 0 bridgehead atoms. The second-order valence-electron chi connectivity index (χ2n) is 6.23. The molecule has 148 valence electrons. The summed E-state index contributed by atoms with van der Waals surface area (Å²) < 4.78 is 10.6. The van der Waals surface area contributed by atoms with Crippen molar-refractivity contribution in [1.29, 1.82) is 0 Å². The van der Waals surface area contributed by atoms with E-state index in [1.807, 2.05) is 6.92 Å². The number of carbonyl (C=O) groups excluding carboxylic acids is 1. The molecule has 0 radical (unpaired) electrons. The van der Waals surface area contributed by atoms with Crippen LogP contribution in [-0.4, -0.2) is 80.9 Å². The Kier molecular flexibility index (Phi) is 14.0. The molecular formula is C17H35IN4O3. The number of nitrogens with one attached hydrogen (secondary N) is 1. The first-order valence-electron chi connectivity index (χ1n) is 9.11. The van der Waals surface area contributed by atoms with Gasteiger partial charge in [0.1, 0.15) is 0 Å². The lowest BCUT2D eigenvalue weighted by molar-refractivity contribution is 0.0913. The average molecular weight is 470 g/mol. The molecular weight excluding hydrogens is 435 g/mol. The zero-order valence-electron chi connectivity index (χ0n) is 16.1. The minimum atomic E-state index is -0.221. The molecule has 25 heavy (non-hydrogen) atoms. The van der Waals surface area contributed by atoms with Crippen LogP contribution in [0.25, 0.3) is 0 Å². The highest BCUT2D eigenvalue weighted by Crippen LogP contribution is 2.05. The number of amides is 1. The van der Waals surface area contributed by atoms with E-state index in [2.05, 4.69) is 36.0 Å². The van der Waals surface area contributed by atoms with Crippen molar-refractivity contribution in [3.8, 4) is 0 Å². The molecule has 1 heterocycles. The van der Waals surface area contributed by atoms with Crippen molar-refractivity contribution in [2.45, 2.75) is 34.1 Å². The Morgan fingerprint density at radius 3 is 2.36 bits per heavy atom. The highest BCUT2D eigenvalue weighted by Gasteiger charge is 2.23. The fraction of sp³-hybridized carbons (Fsp3) is 0.882. The number of hydrogen-bond donors (Lipinski definition) is 1. The molecule has 1 fully saturated rings. The van der Waals surface area contributed by atoms with Gasteiger partial charge in [0.05, 0.1) is 6.61 Å². The number of halogens is 1. The van der Waals surface area contributed by atoms with Crippen molar-refractivity contribution in [3.63, 3.8) is 0 Å². The van der Waals surface area contributed by atoms with Crippen molar-refractivity contribution in [3.05, 3.63) is 0 Å². The monoisotopic (exact) mass is 470 g/mol. The van der Waals surface area contributed by atoms with Gasteiger partial charge in [-0.3, -0.25) is 4.99 Å². The number of nitrogens with zero attached hydrogens (tertiary/aromatic N) is 3. The molecule has 0 spiro atoms. The number of piperazine rings is 1. The largest absolute Gasteiger partial charge is 0.450 e. The van der Waals surface area contributed by atoms with E-state index >= 15 is 0 Å². The Morgan fingerprint density at radius 2 is 1.80 bits per heavy atom. The zero-order valence-corrected chi connectivity index (χ0v) is 18.5. The summed E-state index contributed by atoms with van der Waals surface area (Å²) in [6.45, 7) is 14.6. The van der Waals surface area contributed by atoms with Crippen molar-refractivity contribution in [1.82, 2.24) is 15.1 Å². The van der Waals surface area contributed by atoms with Gasteiger partial charge in [0.25, 0.3) is 0 Å². The maximum atomic E-state index is 11.7. The summed E-state index contributed by atoms with van der Waals surface area (Å²) in [5.41, 5.74) is 0. The van der Waals surface area contributed by atoms with Crippen molar-refractivity contribution < 1.29 is 14.3 Å². The molecule has 0 atom stereocenters. The van der Waals surface area contributed by atoms with E-state index < -0.39 is 0 Å². The van der Waals surface area contributed by atoms with E-state index in [4.69, 9.17) is 9.47 Å². The van der Waals surface area contributed by atoms with Gasteiger partial charge in [0, 0.05) is 52.5 Å². The second kappa shape index (κ2) is 14.4. The molecule has 1 rings (SSSR count). The van der Waals surface area contributed by atoms with E-state index in [1.165, 1.54) is 0 Å². The quantitative estimate of drug-likeness (QED) is 0.256. The summed E-state index contributed by atoms with van der Waals surface area (Å²) in [5.74, 6) is 1.49. The molecule has 0 unspecified atom stereocenters. The third-order valence-corrected chi connectivity index (χ3v) is 3.60. The summed E-state index contributed by atoms with van der Waals surface area (Å²) >= 11 is 0. The highest BCUT2D eigenvalue weighted by molar-refractivity contribution is 14.0. The van der Waals surface area contributed by atoms with Gasteiger partial charge >= 0.3 is 6.09 Å². The Balaban J connectivity index is 0.00000576. The maximum Gasteiger partial charge on any atom is 0.409 e. The first kappa shape index (κ1) is 24.2. The summed E-state index contributed by atoms with van der Waals surface area (Å²) in [5, 5.41) is 3.33. The van der Waals surface area contributed by atoms with Gasteiger partial charge in [0.15, 0.2) is 5.96 Å². The molecule has 1 N–H and O–H groups in total. The van der Waals surface area contributed by atoms with Gasteiger partial charge < -0.3 is 24.6 Å². The molecule has 1 aliphatic heterocycles. The number of carbonyl (C=O) groups is 1. The van der Waals surface area contributed by atoms with Crippen LogP contribution in [0.3, 0.4) is 0 Å². The van der Waals surface area contributed by atoms with Crippen LogP contribution in [0, 0.1) is 5.92 Å². The van der Waals surface area contributed by atoms with E-state index in [-0.39, 0.29) is 30.1 Å². The number of rotatable bonds is 8. The minimum Gasteiger partial charge on any atom is -0.450 e. The van der Waals surface area contributed by atoms with Crippen LogP contribution in [0.4, 0.5) is 4.79 Å². The van der Waals surface area contributed by atoms with E-state index in [0.717, 1.165) is 51.8 Å². The zero-order chi connectivity index (χ0) is 17.8. The lowest BCUT2D eigenvalue weighted by atomic mass is 10.2. The maximum absolute atomic E-state index is 11.7. The van der Waals surface area contributed by atoms with Crippen LogP contribution in [0.2, 0.25) is 0 Å². The predicted octanol–water partition coefficient (Wildman–Crippen LogP) is 2.41. The Hall–Kier alpha value is -0.770. The van der Waals surface area contributed by atoms with Gasteiger partial charge in [-0.1, -0.05) is 13.8 Å². The molecule has 0 saturated carbocycles. The number of guanidine groups is 1. The van der Waals surface area contributed by atoms with Crippen LogP contribution in [0.5, 0.6) is 0 Å². The molecule has 1 aliphatic rings. The van der Waals surface area contributed by atoms with Gasteiger partial charge in [-0.05, 0) is 26.2 Å². The smallest absolute Gasteiger partial charge is 0.409 e. The third kappa shape index (κ3) is 10.1. The standard InChI is InChI=1S/C17H34N4O3.HI/c1-5-18-16(19-8-7-13-23-14-15(3)4)20-9-11-21(12-10-20)17(22)24-6-2;/h15H,5-14H2,1-4H3,(H,18,19);1H. The fourth-order valence-corrected chi connectivity index (χ4v) is 2.41. The third-order valence-electron chi connectivity index (χ3n) is 3.60. The normalized spacial score (nSPS) is 15.2. The lowest BCUT2D eigenvalue weighted by Crippen LogP contribution is -2.53. The first-order chi connectivity index (χ1) is 11.6. The van der Waals surface area contributed by atoms with E-state index in [0.29, 0.717) is 25.6 Å². The summed E-state index contributed by atoms with van der Waals surface area (Å²) in [6.07, 6.45) is 0.700. The van der Waals surface area contributed by atoms with Crippen LogP contribution < -0.4 is 5.32 Å². The second-order valence-corrected chi connectivity index (χ2v) is 6.23. The summed E-state index contributed by atoms with van der Waals surface area (Å²) in [4.78, 5) is 20.4. The minimum absolute atomic E-state index is 0. The predicted molar refractivity (Wildman–Crippen MR) is 112 cm³/mol.